The van der Waals surface area contributed by atoms with Crippen molar-refractivity contribution in [3.05, 3.63) is 53.6 Å². The van der Waals surface area contributed by atoms with Crippen LogP contribution in [-0.4, -0.2) is 64.7 Å². The Hall–Kier alpha value is -3.43. The molecular formula is C33H43N3O6. The second-order valence-corrected chi connectivity index (χ2v) is 12.2. The first-order valence-corrected chi connectivity index (χ1v) is 15.2. The van der Waals surface area contributed by atoms with Crippen molar-refractivity contribution in [2.24, 2.45) is 11.8 Å². The van der Waals surface area contributed by atoms with Crippen LogP contribution in [0.5, 0.6) is 5.75 Å². The predicted octanol–water partition coefficient (Wildman–Crippen LogP) is 4.60. The molecule has 3 amide bonds. The van der Waals surface area contributed by atoms with E-state index in [1.54, 1.807) is 29.2 Å². The van der Waals surface area contributed by atoms with Crippen molar-refractivity contribution in [3.8, 4) is 5.75 Å². The van der Waals surface area contributed by atoms with Gasteiger partial charge in [0.15, 0.2) is 0 Å². The third-order valence-corrected chi connectivity index (χ3v) is 9.20. The Morgan fingerprint density at radius 1 is 1.02 bits per heavy atom. The first-order valence-electron chi connectivity index (χ1n) is 15.2. The highest BCUT2D eigenvalue weighted by Gasteiger charge is 2.77. The van der Waals surface area contributed by atoms with Crippen LogP contribution in [0, 0.1) is 25.7 Å². The summed E-state index contributed by atoms with van der Waals surface area (Å²) in [6.07, 6.45) is 4.17. The molecule has 9 nitrogen and oxygen atoms in total. The first-order chi connectivity index (χ1) is 20.1. The summed E-state index contributed by atoms with van der Waals surface area (Å²) in [6.45, 7) is 8.79. The Bertz CT molecular complexity index is 1330. The van der Waals surface area contributed by atoms with Gasteiger partial charge in [0.25, 0.3) is 0 Å². The number of amides is 3. The summed E-state index contributed by atoms with van der Waals surface area (Å²) >= 11 is 0. The number of rotatable bonds is 12. The molecule has 226 valence electrons. The molecule has 3 N–H and O–H groups in total. The summed E-state index contributed by atoms with van der Waals surface area (Å²) in [5, 5.41) is 15.3. The number of fused-ring (bicyclic) bond motifs is 1. The number of aliphatic hydroxyl groups is 1. The molecule has 2 bridgehead atoms. The van der Waals surface area contributed by atoms with E-state index in [4.69, 9.17) is 14.6 Å². The Labute approximate surface area is 248 Å². The lowest BCUT2D eigenvalue weighted by Crippen LogP contribution is -2.53. The van der Waals surface area contributed by atoms with Gasteiger partial charge in [0.2, 0.25) is 17.7 Å². The number of aryl methyl sites for hydroxylation is 2. The lowest BCUT2D eigenvalue weighted by molar-refractivity contribution is -0.143. The molecule has 3 fully saturated rings. The van der Waals surface area contributed by atoms with Gasteiger partial charge in [-0.2, -0.15) is 0 Å². The number of anilines is 2. The summed E-state index contributed by atoms with van der Waals surface area (Å²) in [5.74, 6) is -1.55. The summed E-state index contributed by atoms with van der Waals surface area (Å²) in [5.41, 5.74) is 1.32. The van der Waals surface area contributed by atoms with E-state index < -0.39 is 29.1 Å². The number of hydrogen-bond acceptors (Lipinski definition) is 6. The number of carbonyl (C=O) groups is 3. The molecule has 2 aromatic rings. The van der Waals surface area contributed by atoms with Crippen LogP contribution in [0.1, 0.15) is 63.5 Å². The van der Waals surface area contributed by atoms with E-state index in [-0.39, 0.29) is 24.3 Å². The van der Waals surface area contributed by atoms with Crippen LogP contribution in [0.2, 0.25) is 0 Å². The normalized spacial score (nSPS) is 27.7. The van der Waals surface area contributed by atoms with E-state index in [9.17, 15) is 14.4 Å². The van der Waals surface area contributed by atoms with Crippen LogP contribution in [0.3, 0.4) is 0 Å². The van der Waals surface area contributed by atoms with Crippen molar-refractivity contribution in [1.82, 2.24) is 4.90 Å². The molecule has 1 spiro atoms. The van der Waals surface area contributed by atoms with Crippen LogP contribution in [0.15, 0.2) is 42.5 Å². The molecule has 0 aliphatic carbocycles. The zero-order chi connectivity index (χ0) is 30.1. The molecule has 42 heavy (non-hydrogen) atoms. The Kier molecular flexibility index (Phi) is 8.62. The number of nitrogens with one attached hydrogen (secondary N) is 2. The molecule has 9 heteroatoms. The van der Waals surface area contributed by atoms with E-state index in [1.165, 1.54) is 0 Å². The largest absolute Gasteiger partial charge is 0.494 e. The molecule has 2 unspecified atom stereocenters. The highest BCUT2D eigenvalue weighted by Crippen LogP contribution is 2.63. The van der Waals surface area contributed by atoms with Gasteiger partial charge < -0.3 is 30.1 Å². The van der Waals surface area contributed by atoms with Crippen LogP contribution in [-0.2, 0) is 19.1 Å². The quantitative estimate of drug-likeness (QED) is 0.318. The number of benzene rings is 2. The van der Waals surface area contributed by atoms with E-state index in [1.807, 2.05) is 45.9 Å². The van der Waals surface area contributed by atoms with Gasteiger partial charge in [-0.15, -0.1) is 0 Å². The molecular weight excluding hydrogens is 534 g/mol. The minimum absolute atomic E-state index is 0.131. The Balaban J connectivity index is 1.44. The molecule has 0 aromatic heterocycles. The molecule has 3 heterocycles. The zero-order valence-corrected chi connectivity index (χ0v) is 25.1. The number of carbonyl (C=O) groups excluding carboxylic acids is 3. The minimum atomic E-state index is -1.08. The maximum Gasteiger partial charge on any atom is 0.250 e. The van der Waals surface area contributed by atoms with Gasteiger partial charge in [-0.25, -0.2) is 0 Å². The van der Waals surface area contributed by atoms with Gasteiger partial charge in [0.05, 0.1) is 24.0 Å². The Morgan fingerprint density at radius 2 is 1.76 bits per heavy atom. The smallest absolute Gasteiger partial charge is 0.250 e. The number of hydrogen-bond donors (Lipinski definition) is 3. The monoisotopic (exact) mass is 577 g/mol. The maximum atomic E-state index is 14.2. The minimum Gasteiger partial charge on any atom is -0.494 e. The van der Waals surface area contributed by atoms with Crippen molar-refractivity contribution in [1.29, 1.82) is 0 Å². The van der Waals surface area contributed by atoms with Crippen molar-refractivity contribution in [2.45, 2.75) is 83.5 Å². The molecule has 3 saturated heterocycles. The lowest BCUT2D eigenvalue weighted by Gasteiger charge is -2.33. The van der Waals surface area contributed by atoms with Gasteiger partial charge in [-0.1, -0.05) is 25.0 Å². The average molecular weight is 578 g/mol. The summed E-state index contributed by atoms with van der Waals surface area (Å²) < 4.78 is 12.2. The number of ether oxygens (including phenoxy) is 2. The number of aliphatic hydroxyl groups excluding tert-OH is 1. The van der Waals surface area contributed by atoms with Crippen molar-refractivity contribution >= 4 is 29.1 Å². The first kappa shape index (κ1) is 30.0. The second kappa shape index (κ2) is 12.1. The third-order valence-electron chi connectivity index (χ3n) is 9.20. The highest BCUT2D eigenvalue weighted by atomic mass is 16.5. The zero-order valence-electron chi connectivity index (χ0n) is 25.1. The molecule has 3 aliphatic rings. The summed E-state index contributed by atoms with van der Waals surface area (Å²) in [6, 6.07) is 12.2. The molecule has 2 aromatic carbocycles. The van der Waals surface area contributed by atoms with Crippen molar-refractivity contribution in [3.63, 3.8) is 0 Å². The van der Waals surface area contributed by atoms with E-state index in [2.05, 4.69) is 10.6 Å². The predicted molar refractivity (Wildman–Crippen MR) is 160 cm³/mol. The van der Waals surface area contributed by atoms with Crippen LogP contribution in [0.25, 0.3) is 0 Å². The second-order valence-electron chi connectivity index (χ2n) is 12.2. The molecule has 3 aliphatic heterocycles. The average Bonchev–Trinajstić information content (AvgIpc) is 3.52. The van der Waals surface area contributed by atoms with E-state index >= 15 is 0 Å². The van der Waals surface area contributed by atoms with Gasteiger partial charge in [-0.05, 0) is 94.8 Å². The third kappa shape index (κ3) is 5.40. The van der Waals surface area contributed by atoms with Gasteiger partial charge in [-0.3, -0.25) is 14.4 Å². The van der Waals surface area contributed by atoms with Crippen LogP contribution >= 0.6 is 0 Å². The van der Waals surface area contributed by atoms with Gasteiger partial charge >= 0.3 is 0 Å². The fourth-order valence-corrected chi connectivity index (χ4v) is 7.21. The summed E-state index contributed by atoms with van der Waals surface area (Å²) in [4.78, 5) is 43.9. The fourth-order valence-electron chi connectivity index (χ4n) is 7.21. The lowest BCUT2D eigenvalue weighted by atomic mass is 9.66. The number of nitrogens with zero attached hydrogens (tertiary/aromatic N) is 1. The molecule has 0 saturated carbocycles. The standard InChI is InChI=1S/C33H43N3O6/c1-5-41-24-14-12-23(13-15-24)34-29(38)26-27-31(40)36(18-8-6-7-9-19-37)28(33(27)17-16-32(26,4)42-33)30(39)35-25-20-21(2)10-11-22(25)3/h10-15,20,26-28,37H,5-9,16-19H2,1-4H3,(H,34,38)(H,35,39)/t26-,27-,28?,32+,33?/m0/s1. The number of unbranched alkanes of at least 4 members (excludes halogenated alkanes) is 3. The molecule has 5 atom stereocenters. The molecule has 5 rings (SSSR count). The summed E-state index contributed by atoms with van der Waals surface area (Å²) in [7, 11) is 0. The number of likely N-dealkylation sites (tertiary alicyclic amines) is 1. The van der Waals surface area contributed by atoms with Gasteiger partial charge in [0.1, 0.15) is 17.4 Å². The van der Waals surface area contributed by atoms with E-state index in [0.29, 0.717) is 56.0 Å². The van der Waals surface area contributed by atoms with E-state index in [0.717, 1.165) is 24.0 Å². The highest BCUT2D eigenvalue weighted by molar-refractivity contribution is 6.05. The topological polar surface area (TPSA) is 117 Å². The maximum absolute atomic E-state index is 14.2. The SMILES string of the molecule is CCOc1ccc(NC(=O)[C@@H]2[C@H]3C(=O)N(CCCCCCO)C(C(=O)Nc4cc(C)ccc4C)C34CC[C@@]2(C)O4)cc1. The van der Waals surface area contributed by atoms with Crippen molar-refractivity contribution in [2.75, 3.05) is 30.4 Å². The van der Waals surface area contributed by atoms with Gasteiger partial charge in [0, 0.05) is 24.5 Å². The Morgan fingerprint density at radius 3 is 2.48 bits per heavy atom. The fraction of sp³-hybridized carbons (Fsp3) is 0.545. The van der Waals surface area contributed by atoms with Crippen molar-refractivity contribution < 1.29 is 29.0 Å². The molecule has 0 radical (unpaired) electrons. The van der Waals surface area contributed by atoms with Crippen LogP contribution < -0.4 is 15.4 Å². The van der Waals surface area contributed by atoms with Crippen LogP contribution in [0.4, 0.5) is 11.4 Å².